The van der Waals surface area contributed by atoms with Crippen LogP contribution in [0.2, 0.25) is 0 Å². The summed E-state index contributed by atoms with van der Waals surface area (Å²) in [7, 11) is 0. The Morgan fingerprint density at radius 2 is 1.83 bits per heavy atom. The van der Waals surface area contributed by atoms with E-state index in [9.17, 15) is 30.3 Å². The molecule has 13 atom stereocenters. The number of aliphatic hydroxyl groups excluding tert-OH is 3. The number of carbonyl (C=O) groups is 1. The molecule has 0 aromatic heterocycles. The van der Waals surface area contributed by atoms with Crippen molar-refractivity contribution < 1.29 is 39.8 Å². The lowest BCUT2D eigenvalue weighted by atomic mass is 9.45. The van der Waals surface area contributed by atoms with Crippen LogP contribution in [0.1, 0.15) is 98.8 Å². The van der Waals surface area contributed by atoms with E-state index in [1.807, 2.05) is 13.8 Å². The fourth-order valence-corrected chi connectivity index (χ4v) is 10.1. The zero-order valence-corrected chi connectivity index (χ0v) is 25.7. The van der Waals surface area contributed by atoms with Gasteiger partial charge in [-0.25, -0.2) is 0 Å². The second-order valence-corrected chi connectivity index (χ2v) is 14.8. The first-order chi connectivity index (χ1) is 19.3. The van der Waals surface area contributed by atoms with Crippen LogP contribution in [0, 0.1) is 40.4 Å². The van der Waals surface area contributed by atoms with E-state index in [0.29, 0.717) is 38.7 Å². The highest BCUT2D eigenvalue weighted by Gasteiger charge is 2.69. The topological polar surface area (TPSA) is 137 Å². The van der Waals surface area contributed by atoms with Gasteiger partial charge in [0.15, 0.2) is 12.1 Å². The summed E-state index contributed by atoms with van der Waals surface area (Å²) in [5.74, 6) is -0.775. The smallest absolute Gasteiger partial charge is 0.163 e. The van der Waals surface area contributed by atoms with Crippen LogP contribution < -0.4 is 0 Å². The molecule has 1 aliphatic heterocycles. The number of carbonyl (C=O) groups excluding carboxylic acids is 1. The molecule has 1 saturated heterocycles. The van der Waals surface area contributed by atoms with Crippen LogP contribution in [0.4, 0.5) is 0 Å². The van der Waals surface area contributed by atoms with Gasteiger partial charge >= 0.3 is 0 Å². The lowest BCUT2D eigenvalue weighted by Gasteiger charge is -2.61. The third-order valence-corrected chi connectivity index (χ3v) is 12.8. The number of allylic oxidation sites excluding steroid dienone is 1. The molecule has 0 aromatic carbocycles. The zero-order chi connectivity index (χ0) is 30.0. The number of ether oxygens (including phenoxy) is 2. The fraction of sp³-hybridized carbons (Fsp3) is 0.909. The summed E-state index contributed by atoms with van der Waals surface area (Å²) in [6, 6.07) is 0. The van der Waals surface area contributed by atoms with E-state index < -0.39 is 46.6 Å². The molecule has 0 amide bonds. The fourth-order valence-electron chi connectivity index (χ4n) is 10.1. The molecule has 1 heterocycles. The Kier molecular flexibility index (Phi) is 8.65. The predicted molar refractivity (Wildman–Crippen MR) is 154 cm³/mol. The van der Waals surface area contributed by atoms with Crippen LogP contribution in [0.3, 0.4) is 0 Å². The van der Waals surface area contributed by atoms with Crippen molar-refractivity contribution in [2.24, 2.45) is 40.4 Å². The van der Waals surface area contributed by atoms with Crippen molar-refractivity contribution in [2.45, 2.75) is 135 Å². The SMILES string of the molecule is CCCCO[C@H]1O[C@@H]([C@](C)(O)[C@H]2CC[C@@]3(O)C4=CC(=O)[C@@H]5C[C@@H](O)[C@@H](O)C[C@]5(C)[C@H]4CC[C@]23C)C[C@@H](CC)[C@H]1CO. The van der Waals surface area contributed by atoms with Crippen LogP contribution in [0.15, 0.2) is 11.6 Å². The van der Waals surface area contributed by atoms with Gasteiger partial charge in [0, 0.05) is 23.9 Å². The number of aliphatic hydroxyl groups is 5. The van der Waals surface area contributed by atoms with Crippen LogP contribution in [-0.4, -0.2) is 80.3 Å². The largest absolute Gasteiger partial charge is 0.396 e. The van der Waals surface area contributed by atoms with Crippen LogP contribution in [0.25, 0.3) is 0 Å². The molecule has 5 aliphatic rings. The summed E-state index contributed by atoms with van der Waals surface area (Å²) in [4.78, 5) is 13.5. The predicted octanol–water partition coefficient (Wildman–Crippen LogP) is 3.51. The molecule has 0 aromatic rings. The van der Waals surface area contributed by atoms with E-state index in [1.165, 1.54) is 0 Å². The zero-order valence-electron chi connectivity index (χ0n) is 25.7. The number of ketones is 1. The maximum Gasteiger partial charge on any atom is 0.163 e. The summed E-state index contributed by atoms with van der Waals surface area (Å²) < 4.78 is 12.6. The Balaban J connectivity index is 1.44. The second-order valence-electron chi connectivity index (χ2n) is 14.8. The van der Waals surface area contributed by atoms with Crippen molar-refractivity contribution in [2.75, 3.05) is 13.2 Å². The first-order valence-corrected chi connectivity index (χ1v) is 16.2. The Hall–Kier alpha value is -0.870. The molecule has 0 radical (unpaired) electrons. The van der Waals surface area contributed by atoms with E-state index in [1.54, 1.807) is 6.08 Å². The highest BCUT2D eigenvalue weighted by Crippen LogP contribution is 2.69. The molecule has 8 heteroatoms. The highest BCUT2D eigenvalue weighted by atomic mass is 16.7. The summed E-state index contributed by atoms with van der Waals surface area (Å²) in [6.07, 6.45) is 5.17. The minimum atomic E-state index is -1.26. The summed E-state index contributed by atoms with van der Waals surface area (Å²) in [5.41, 5.74) is -2.95. The first kappa shape index (κ1) is 31.6. The van der Waals surface area contributed by atoms with Gasteiger partial charge in [-0.2, -0.15) is 0 Å². The maximum absolute atomic E-state index is 13.5. The molecule has 0 unspecified atom stereocenters. The molecule has 3 saturated carbocycles. The van der Waals surface area contributed by atoms with Gasteiger partial charge in [-0.1, -0.05) is 40.5 Å². The van der Waals surface area contributed by atoms with Crippen molar-refractivity contribution >= 4 is 5.78 Å². The molecular formula is C33H54O8. The normalized spacial score (nSPS) is 49.5. The van der Waals surface area contributed by atoms with E-state index in [2.05, 4.69) is 20.8 Å². The molecule has 8 nitrogen and oxygen atoms in total. The highest BCUT2D eigenvalue weighted by molar-refractivity contribution is 5.95. The summed E-state index contributed by atoms with van der Waals surface area (Å²) in [5, 5.41) is 56.1. The minimum Gasteiger partial charge on any atom is -0.396 e. The van der Waals surface area contributed by atoms with Crippen molar-refractivity contribution in [1.29, 1.82) is 0 Å². The van der Waals surface area contributed by atoms with Crippen molar-refractivity contribution in [3.63, 3.8) is 0 Å². The Labute approximate surface area is 245 Å². The van der Waals surface area contributed by atoms with E-state index >= 15 is 0 Å². The third-order valence-electron chi connectivity index (χ3n) is 12.8. The molecule has 234 valence electrons. The van der Waals surface area contributed by atoms with E-state index in [4.69, 9.17) is 9.47 Å². The molecule has 4 aliphatic carbocycles. The number of unbranched alkanes of at least 4 members (excludes halogenated alkanes) is 1. The van der Waals surface area contributed by atoms with Crippen molar-refractivity contribution in [3.8, 4) is 0 Å². The van der Waals surface area contributed by atoms with Gasteiger partial charge in [-0.15, -0.1) is 0 Å². The Bertz CT molecular complexity index is 1010. The first-order valence-electron chi connectivity index (χ1n) is 16.2. The van der Waals surface area contributed by atoms with Crippen LogP contribution in [0.5, 0.6) is 0 Å². The van der Waals surface area contributed by atoms with Gasteiger partial charge < -0.3 is 35.0 Å². The van der Waals surface area contributed by atoms with E-state index in [0.717, 1.165) is 31.3 Å². The van der Waals surface area contributed by atoms with Crippen molar-refractivity contribution in [3.05, 3.63) is 11.6 Å². The number of rotatable bonds is 8. The number of fused-ring (bicyclic) bond motifs is 5. The average molecular weight is 579 g/mol. The monoisotopic (exact) mass is 578 g/mol. The average Bonchev–Trinajstić information content (AvgIpc) is 3.22. The maximum atomic E-state index is 13.5. The lowest BCUT2D eigenvalue weighted by Crippen LogP contribution is -2.63. The van der Waals surface area contributed by atoms with Crippen LogP contribution >= 0.6 is 0 Å². The van der Waals surface area contributed by atoms with Gasteiger partial charge in [0.05, 0.1) is 36.1 Å². The summed E-state index contributed by atoms with van der Waals surface area (Å²) in [6.45, 7) is 10.7. The minimum absolute atomic E-state index is 0.0277. The second kappa shape index (κ2) is 11.2. The Morgan fingerprint density at radius 1 is 1.10 bits per heavy atom. The lowest BCUT2D eigenvalue weighted by molar-refractivity contribution is -0.288. The van der Waals surface area contributed by atoms with Gasteiger partial charge in [0.25, 0.3) is 0 Å². The van der Waals surface area contributed by atoms with Gasteiger partial charge in [-0.3, -0.25) is 4.79 Å². The molecule has 5 rings (SSSR count). The molecular weight excluding hydrogens is 524 g/mol. The number of hydrogen-bond donors (Lipinski definition) is 5. The van der Waals surface area contributed by atoms with Gasteiger partial charge in [0.2, 0.25) is 0 Å². The molecule has 41 heavy (non-hydrogen) atoms. The number of hydrogen-bond acceptors (Lipinski definition) is 8. The molecule has 0 spiro atoms. The van der Waals surface area contributed by atoms with Crippen molar-refractivity contribution in [1.82, 2.24) is 0 Å². The molecule has 5 N–H and O–H groups in total. The third kappa shape index (κ3) is 4.79. The van der Waals surface area contributed by atoms with Crippen LogP contribution in [-0.2, 0) is 14.3 Å². The van der Waals surface area contributed by atoms with Gasteiger partial charge in [-0.05, 0) is 93.1 Å². The van der Waals surface area contributed by atoms with E-state index in [-0.39, 0.29) is 48.4 Å². The Morgan fingerprint density at radius 3 is 2.49 bits per heavy atom. The molecule has 4 fully saturated rings. The van der Waals surface area contributed by atoms with Gasteiger partial charge in [0.1, 0.15) is 0 Å². The standard InChI is InChI=1S/C33H54O8/c1-6-8-13-40-29-20(18-34)19(7-2)14-28(41-29)32(5,38)27-10-12-33(39)22-15-24(35)23-16-25(36)26(37)17-30(23,3)21(22)9-11-31(27,33)4/h15,19-21,23,25-29,34,36-39H,6-14,16-18H2,1-5H3/t19-,20-,21+,23+,25-,26+,27+,28-,29+,30-,31-,32-,33-/m1/s1. The molecule has 0 bridgehead atoms. The summed E-state index contributed by atoms with van der Waals surface area (Å²) >= 11 is 0. The quantitative estimate of drug-likeness (QED) is 0.276.